The Kier molecular flexibility index (Phi) is 4.95. The van der Waals surface area contributed by atoms with Crippen LogP contribution in [0.4, 0.5) is 13.2 Å². The molecule has 21 heavy (non-hydrogen) atoms. The summed E-state index contributed by atoms with van der Waals surface area (Å²) in [7, 11) is 0. The number of nitrogens with one attached hydrogen (secondary N) is 1. The normalized spacial score (nSPS) is 11.7. The molecule has 0 amide bonds. The molecule has 0 spiro atoms. The first-order valence-electron chi connectivity index (χ1n) is 6.30. The Morgan fingerprint density at radius 1 is 1.19 bits per heavy atom. The maximum absolute atomic E-state index is 13.1. The number of hydrogen-bond acceptors (Lipinski definition) is 3. The molecule has 0 unspecified atom stereocenters. The zero-order valence-electron chi connectivity index (χ0n) is 11.2. The molecule has 0 saturated carbocycles. The Morgan fingerprint density at radius 2 is 1.86 bits per heavy atom. The zero-order valence-corrected chi connectivity index (χ0v) is 12.8. The fourth-order valence-electron chi connectivity index (χ4n) is 1.80. The van der Waals surface area contributed by atoms with Gasteiger partial charge in [0.1, 0.15) is 0 Å². The van der Waals surface area contributed by atoms with E-state index in [9.17, 15) is 13.2 Å². The highest BCUT2D eigenvalue weighted by molar-refractivity contribution is 9.10. The predicted octanol–water partition coefficient (Wildman–Crippen LogP) is 4.03. The van der Waals surface area contributed by atoms with E-state index in [-0.39, 0.29) is 11.4 Å². The molecule has 0 radical (unpaired) electrons. The Bertz CT molecular complexity index is 612. The SMILES string of the molecule is CCNCc1cnc(-c2ccc(Br)cc2C(F)(F)F)nc1. The average Bonchev–Trinajstić information content (AvgIpc) is 2.45. The van der Waals surface area contributed by atoms with Crippen molar-refractivity contribution >= 4 is 15.9 Å². The monoisotopic (exact) mass is 359 g/mol. The fraction of sp³-hybridized carbons (Fsp3) is 0.286. The van der Waals surface area contributed by atoms with Crippen LogP contribution in [-0.2, 0) is 12.7 Å². The van der Waals surface area contributed by atoms with Crippen LogP contribution in [0, 0.1) is 0 Å². The topological polar surface area (TPSA) is 37.8 Å². The van der Waals surface area contributed by atoms with Gasteiger partial charge in [0.2, 0.25) is 0 Å². The molecule has 0 fully saturated rings. The van der Waals surface area contributed by atoms with Crippen LogP contribution >= 0.6 is 15.9 Å². The van der Waals surface area contributed by atoms with Gasteiger partial charge >= 0.3 is 6.18 Å². The van der Waals surface area contributed by atoms with E-state index in [4.69, 9.17) is 0 Å². The molecule has 7 heteroatoms. The molecule has 0 aliphatic rings. The van der Waals surface area contributed by atoms with E-state index in [1.165, 1.54) is 18.5 Å². The van der Waals surface area contributed by atoms with Gasteiger partial charge in [-0.3, -0.25) is 0 Å². The summed E-state index contributed by atoms with van der Waals surface area (Å²) in [4.78, 5) is 8.08. The summed E-state index contributed by atoms with van der Waals surface area (Å²) in [6, 6.07) is 3.94. The van der Waals surface area contributed by atoms with Gasteiger partial charge in [-0.15, -0.1) is 0 Å². The van der Waals surface area contributed by atoms with Crippen LogP contribution in [0.2, 0.25) is 0 Å². The van der Waals surface area contributed by atoms with E-state index in [0.717, 1.165) is 18.2 Å². The van der Waals surface area contributed by atoms with Gasteiger partial charge in [-0.25, -0.2) is 9.97 Å². The molecule has 2 rings (SSSR count). The summed E-state index contributed by atoms with van der Waals surface area (Å²) >= 11 is 3.05. The Morgan fingerprint density at radius 3 is 2.43 bits per heavy atom. The molecule has 1 N–H and O–H groups in total. The third-order valence-corrected chi connectivity index (χ3v) is 3.31. The van der Waals surface area contributed by atoms with Crippen molar-refractivity contribution in [2.75, 3.05) is 6.54 Å². The van der Waals surface area contributed by atoms with Gasteiger partial charge in [0.15, 0.2) is 5.82 Å². The fourth-order valence-corrected chi connectivity index (χ4v) is 2.16. The van der Waals surface area contributed by atoms with Crippen molar-refractivity contribution in [1.82, 2.24) is 15.3 Å². The van der Waals surface area contributed by atoms with E-state index < -0.39 is 11.7 Å². The first-order chi connectivity index (χ1) is 9.91. The molecule has 0 saturated heterocycles. The summed E-state index contributed by atoms with van der Waals surface area (Å²) in [5.74, 6) is 0.0649. The maximum atomic E-state index is 13.1. The summed E-state index contributed by atoms with van der Waals surface area (Å²) in [6.45, 7) is 3.35. The predicted molar refractivity (Wildman–Crippen MR) is 77.6 cm³/mol. The smallest absolute Gasteiger partial charge is 0.313 e. The summed E-state index contributed by atoms with van der Waals surface area (Å²) in [5.41, 5.74) is 0.0447. The molecule has 0 atom stereocenters. The van der Waals surface area contributed by atoms with Gasteiger partial charge in [-0.1, -0.05) is 22.9 Å². The summed E-state index contributed by atoms with van der Waals surface area (Å²) in [6.07, 6.45) is -1.38. The van der Waals surface area contributed by atoms with Crippen molar-refractivity contribution < 1.29 is 13.2 Å². The number of nitrogens with zero attached hydrogens (tertiary/aromatic N) is 2. The number of alkyl halides is 3. The zero-order chi connectivity index (χ0) is 15.5. The summed E-state index contributed by atoms with van der Waals surface area (Å²) < 4.78 is 39.6. The van der Waals surface area contributed by atoms with Crippen molar-refractivity contribution in [2.45, 2.75) is 19.6 Å². The lowest BCUT2D eigenvalue weighted by Crippen LogP contribution is -2.12. The van der Waals surface area contributed by atoms with Gasteiger partial charge in [-0.2, -0.15) is 13.2 Å². The molecule has 0 aliphatic heterocycles. The van der Waals surface area contributed by atoms with Crippen LogP contribution in [0.5, 0.6) is 0 Å². The van der Waals surface area contributed by atoms with Gasteiger partial charge in [0.05, 0.1) is 5.56 Å². The molecular weight excluding hydrogens is 347 g/mol. The second-order valence-corrected chi connectivity index (χ2v) is 5.30. The second kappa shape index (κ2) is 6.53. The highest BCUT2D eigenvalue weighted by atomic mass is 79.9. The maximum Gasteiger partial charge on any atom is 0.417 e. The van der Waals surface area contributed by atoms with Crippen LogP contribution < -0.4 is 5.32 Å². The minimum atomic E-state index is -4.45. The minimum Gasteiger partial charge on any atom is -0.313 e. The first-order valence-corrected chi connectivity index (χ1v) is 7.10. The Labute approximate surface area is 128 Å². The third-order valence-electron chi connectivity index (χ3n) is 2.81. The van der Waals surface area contributed by atoms with Crippen LogP contribution in [0.25, 0.3) is 11.4 Å². The molecule has 2 aromatic rings. The van der Waals surface area contributed by atoms with Crippen LogP contribution in [-0.4, -0.2) is 16.5 Å². The molecule has 0 bridgehead atoms. The largest absolute Gasteiger partial charge is 0.417 e. The lowest BCUT2D eigenvalue weighted by Gasteiger charge is -2.12. The highest BCUT2D eigenvalue weighted by Crippen LogP contribution is 2.37. The van der Waals surface area contributed by atoms with Crippen molar-refractivity contribution in [1.29, 1.82) is 0 Å². The lowest BCUT2D eigenvalue weighted by atomic mass is 10.1. The van der Waals surface area contributed by atoms with Gasteiger partial charge in [0, 0.05) is 34.5 Å². The average molecular weight is 360 g/mol. The van der Waals surface area contributed by atoms with Gasteiger partial charge < -0.3 is 5.32 Å². The van der Waals surface area contributed by atoms with Crippen molar-refractivity contribution in [2.24, 2.45) is 0 Å². The van der Waals surface area contributed by atoms with E-state index in [1.807, 2.05) is 6.92 Å². The number of hydrogen-bond donors (Lipinski definition) is 1. The number of rotatable bonds is 4. The molecule has 0 aliphatic carbocycles. The Hall–Kier alpha value is -1.47. The molecule has 112 valence electrons. The minimum absolute atomic E-state index is 0.0271. The number of benzene rings is 1. The molecule has 3 nitrogen and oxygen atoms in total. The highest BCUT2D eigenvalue weighted by Gasteiger charge is 2.34. The third kappa shape index (κ3) is 4.01. The molecule has 1 aromatic heterocycles. The summed E-state index contributed by atoms with van der Waals surface area (Å²) in [5, 5.41) is 3.10. The standard InChI is InChI=1S/C14H13BrF3N3/c1-2-19-6-9-7-20-13(21-8-9)11-4-3-10(15)5-12(11)14(16,17)18/h3-5,7-8,19H,2,6H2,1H3. The van der Waals surface area contributed by atoms with Crippen LogP contribution in [0.1, 0.15) is 18.1 Å². The van der Waals surface area contributed by atoms with E-state index in [1.54, 1.807) is 6.07 Å². The molecule has 1 aromatic carbocycles. The lowest BCUT2D eigenvalue weighted by molar-refractivity contribution is -0.137. The van der Waals surface area contributed by atoms with Crippen LogP contribution in [0.15, 0.2) is 35.1 Å². The molecular formula is C14H13BrF3N3. The first kappa shape index (κ1) is 15.9. The Balaban J connectivity index is 2.38. The van der Waals surface area contributed by atoms with Gasteiger partial charge in [0.25, 0.3) is 0 Å². The van der Waals surface area contributed by atoms with Crippen molar-refractivity contribution in [3.05, 3.63) is 46.2 Å². The molecule has 1 heterocycles. The second-order valence-electron chi connectivity index (χ2n) is 4.38. The quantitative estimate of drug-likeness (QED) is 0.895. The van der Waals surface area contributed by atoms with Gasteiger partial charge in [-0.05, 0) is 24.7 Å². The van der Waals surface area contributed by atoms with Crippen molar-refractivity contribution in [3.63, 3.8) is 0 Å². The van der Waals surface area contributed by atoms with Crippen molar-refractivity contribution in [3.8, 4) is 11.4 Å². The van der Waals surface area contributed by atoms with E-state index in [0.29, 0.717) is 11.0 Å². The number of halogens is 4. The van der Waals surface area contributed by atoms with Crippen LogP contribution in [0.3, 0.4) is 0 Å². The number of aromatic nitrogens is 2. The van der Waals surface area contributed by atoms with E-state index >= 15 is 0 Å². The van der Waals surface area contributed by atoms with E-state index in [2.05, 4.69) is 31.2 Å².